The third-order valence-corrected chi connectivity index (χ3v) is 4.13. The SMILES string of the molecule is O=c1c2cc3ccccc3[nH]c-2cc(CCCCl)c1Cl. The molecule has 1 aliphatic heterocycles. The minimum Gasteiger partial charge on any atom is -0.354 e. The fourth-order valence-electron chi connectivity index (χ4n) is 2.42. The highest BCUT2D eigenvalue weighted by Gasteiger charge is 2.15. The maximum Gasteiger partial charge on any atom is 0.206 e. The number of halogens is 2. The van der Waals surface area contributed by atoms with Crippen LogP contribution in [-0.2, 0) is 6.42 Å². The van der Waals surface area contributed by atoms with Crippen LogP contribution in [-0.4, -0.2) is 10.9 Å². The van der Waals surface area contributed by atoms with E-state index in [1.54, 1.807) is 0 Å². The van der Waals surface area contributed by atoms with Crippen LogP contribution in [0.25, 0.3) is 22.2 Å². The van der Waals surface area contributed by atoms with Gasteiger partial charge in [0.1, 0.15) is 0 Å². The molecular weight excluding hydrogens is 293 g/mol. The zero-order chi connectivity index (χ0) is 14.1. The zero-order valence-electron chi connectivity index (χ0n) is 10.7. The van der Waals surface area contributed by atoms with Crippen LogP contribution < -0.4 is 5.43 Å². The summed E-state index contributed by atoms with van der Waals surface area (Å²) < 4.78 is 0. The van der Waals surface area contributed by atoms with Crippen molar-refractivity contribution in [2.75, 3.05) is 5.88 Å². The van der Waals surface area contributed by atoms with E-state index >= 15 is 0 Å². The number of aryl methyl sites for hydroxylation is 1. The number of hydrogen-bond acceptors (Lipinski definition) is 1. The standard InChI is InChI=1S/C16H13Cl2NO/c17-7-3-5-11-9-14-12(16(20)15(11)18)8-10-4-1-2-6-13(10)19-14/h1-2,4,6,8-9,19H,3,5,7H2. The second-order valence-corrected chi connectivity index (χ2v) is 5.55. The molecule has 3 rings (SSSR count). The normalized spacial score (nSPS) is 11.3. The topological polar surface area (TPSA) is 32.9 Å². The van der Waals surface area contributed by atoms with Gasteiger partial charge in [-0.25, -0.2) is 0 Å². The number of fused-ring (bicyclic) bond motifs is 2. The molecule has 2 aliphatic rings. The van der Waals surface area contributed by atoms with Crippen molar-refractivity contribution in [1.29, 1.82) is 0 Å². The van der Waals surface area contributed by atoms with Crippen molar-refractivity contribution in [3.63, 3.8) is 0 Å². The molecular formula is C16H13Cl2NO. The fraction of sp³-hybridized carbons (Fsp3) is 0.188. The average molecular weight is 306 g/mol. The molecule has 1 heterocycles. The van der Waals surface area contributed by atoms with Crippen LogP contribution >= 0.6 is 23.2 Å². The average Bonchev–Trinajstić information content (AvgIpc) is 2.48. The minimum atomic E-state index is -0.115. The summed E-state index contributed by atoms with van der Waals surface area (Å²) in [6, 6.07) is 11.7. The lowest BCUT2D eigenvalue weighted by molar-refractivity contribution is 0.927. The second-order valence-electron chi connectivity index (χ2n) is 4.79. The van der Waals surface area contributed by atoms with Gasteiger partial charge in [0, 0.05) is 17.0 Å². The Balaban J connectivity index is 2.27. The lowest BCUT2D eigenvalue weighted by Crippen LogP contribution is -2.11. The Morgan fingerprint density at radius 2 is 1.95 bits per heavy atom. The number of para-hydroxylation sites is 1. The molecule has 1 aromatic carbocycles. The molecule has 0 aromatic heterocycles. The van der Waals surface area contributed by atoms with Gasteiger partial charge in [-0.2, -0.15) is 0 Å². The number of aromatic nitrogens is 1. The first-order valence-electron chi connectivity index (χ1n) is 6.50. The number of benzene rings is 2. The van der Waals surface area contributed by atoms with Gasteiger partial charge in [0.05, 0.1) is 10.7 Å². The number of hydrogen-bond donors (Lipinski definition) is 1. The molecule has 4 heteroatoms. The van der Waals surface area contributed by atoms with E-state index in [1.807, 2.05) is 36.4 Å². The molecule has 0 radical (unpaired) electrons. The molecule has 1 N–H and O–H groups in total. The Bertz CT molecular complexity index is 794. The van der Waals surface area contributed by atoms with E-state index < -0.39 is 0 Å². The number of pyridine rings is 1. The van der Waals surface area contributed by atoms with Gasteiger partial charge in [-0.05, 0) is 42.0 Å². The molecule has 2 nitrogen and oxygen atoms in total. The number of H-pyrrole nitrogens is 1. The van der Waals surface area contributed by atoms with E-state index in [1.165, 1.54) is 0 Å². The van der Waals surface area contributed by atoms with Gasteiger partial charge in [-0.1, -0.05) is 29.8 Å². The summed E-state index contributed by atoms with van der Waals surface area (Å²) in [6.45, 7) is 0. The molecule has 102 valence electrons. The lowest BCUT2D eigenvalue weighted by atomic mass is 10.0. The van der Waals surface area contributed by atoms with Crippen molar-refractivity contribution in [3.8, 4) is 11.3 Å². The molecule has 0 unspecified atom stereocenters. The molecule has 0 fully saturated rings. The van der Waals surface area contributed by atoms with E-state index in [4.69, 9.17) is 23.2 Å². The van der Waals surface area contributed by atoms with E-state index in [2.05, 4.69) is 4.98 Å². The fourth-order valence-corrected chi connectivity index (χ4v) is 2.81. The Kier molecular flexibility index (Phi) is 3.68. The molecule has 1 aromatic rings. The van der Waals surface area contributed by atoms with Crippen LogP contribution in [0, 0.1) is 0 Å². The van der Waals surface area contributed by atoms with Crippen LogP contribution in [0.4, 0.5) is 0 Å². The van der Waals surface area contributed by atoms with Gasteiger partial charge >= 0.3 is 0 Å². The monoisotopic (exact) mass is 305 g/mol. The first kappa shape index (κ1) is 13.5. The predicted octanol–water partition coefficient (Wildman–Crippen LogP) is 4.46. The van der Waals surface area contributed by atoms with E-state index in [0.29, 0.717) is 22.9 Å². The molecule has 0 bridgehead atoms. The second kappa shape index (κ2) is 5.47. The number of aromatic amines is 1. The van der Waals surface area contributed by atoms with Crippen LogP contribution in [0.1, 0.15) is 12.0 Å². The van der Waals surface area contributed by atoms with Crippen LogP contribution in [0.15, 0.2) is 41.2 Å². The summed E-state index contributed by atoms with van der Waals surface area (Å²) in [6.07, 6.45) is 1.52. The van der Waals surface area contributed by atoms with E-state index in [-0.39, 0.29) is 5.43 Å². The first-order valence-corrected chi connectivity index (χ1v) is 7.41. The molecule has 0 spiro atoms. The highest BCUT2D eigenvalue weighted by Crippen LogP contribution is 2.27. The summed E-state index contributed by atoms with van der Waals surface area (Å²) in [7, 11) is 0. The van der Waals surface area contributed by atoms with Crippen molar-refractivity contribution >= 4 is 34.1 Å². The van der Waals surface area contributed by atoms with Gasteiger partial charge in [0.2, 0.25) is 5.43 Å². The molecule has 1 aliphatic carbocycles. The number of alkyl halides is 1. The molecule has 0 atom stereocenters. The Morgan fingerprint density at radius 1 is 1.15 bits per heavy atom. The quantitative estimate of drug-likeness (QED) is 0.562. The Morgan fingerprint density at radius 3 is 2.75 bits per heavy atom. The highest BCUT2D eigenvalue weighted by molar-refractivity contribution is 6.31. The molecule has 0 saturated carbocycles. The van der Waals surface area contributed by atoms with Crippen molar-refractivity contribution in [2.24, 2.45) is 0 Å². The van der Waals surface area contributed by atoms with E-state index in [9.17, 15) is 4.79 Å². The van der Waals surface area contributed by atoms with Gasteiger partial charge in [0.25, 0.3) is 0 Å². The molecule has 20 heavy (non-hydrogen) atoms. The van der Waals surface area contributed by atoms with Gasteiger partial charge < -0.3 is 4.98 Å². The molecule has 0 saturated heterocycles. The third kappa shape index (κ3) is 2.30. The maximum absolute atomic E-state index is 12.4. The van der Waals surface area contributed by atoms with Gasteiger partial charge in [-0.3, -0.25) is 4.79 Å². The summed E-state index contributed by atoms with van der Waals surface area (Å²) in [5, 5.41) is 1.31. The number of rotatable bonds is 3. The van der Waals surface area contributed by atoms with Gasteiger partial charge in [-0.15, -0.1) is 11.6 Å². The van der Waals surface area contributed by atoms with Crippen LogP contribution in [0.2, 0.25) is 5.02 Å². The summed E-state index contributed by atoms with van der Waals surface area (Å²) in [5.74, 6) is 0.560. The largest absolute Gasteiger partial charge is 0.354 e. The van der Waals surface area contributed by atoms with Crippen molar-refractivity contribution in [1.82, 2.24) is 4.98 Å². The molecule has 0 amide bonds. The smallest absolute Gasteiger partial charge is 0.206 e. The van der Waals surface area contributed by atoms with Gasteiger partial charge in [0.15, 0.2) is 0 Å². The highest BCUT2D eigenvalue weighted by atomic mass is 35.5. The van der Waals surface area contributed by atoms with Crippen molar-refractivity contribution in [2.45, 2.75) is 12.8 Å². The summed E-state index contributed by atoms with van der Waals surface area (Å²) in [5.41, 5.74) is 3.20. The minimum absolute atomic E-state index is 0.115. The first-order chi connectivity index (χ1) is 9.70. The Labute approximate surface area is 126 Å². The Hall–Kier alpha value is -1.51. The predicted molar refractivity (Wildman–Crippen MR) is 85.2 cm³/mol. The van der Waals surface area contributed by atoms with Crippen molar-refractivity contribution in [3.05, 3.63) is 57.2 Å². The summed E-state index contributed by atoms with van der Waals surface area (Å²) in [4.78, 5) is 15.7. The number of nitrogens with one attached hydrogen (secondary N) is 1. The van der Waals surface area contributed by atoms with E-state index in [0.717, 1.165) is 28.6 Å². The lowest BCUT2D eigenvalue weighted by Gasteiger charge is -2.11. The zero-order valence-corrected chi connectivity index (χ0v) is 12.3. The third-order valence-electron chi connectivity index (χ3n) is 3.44. The van der Waals surface area contributed by atoms with Crippen LogP contribution in [0.3, 0.4) is 0 Å². The maximum atomic E-state index is 12.4. The summed E-state index contributed by atoms with van der Waals surface area (Å²) >= 11 is 11.9. The van der Waals surface area contributed by atoms with Crippen molar-refractivity contribution < 1.29 is 0 Å². The van der Waals surface area contributed by atoms with Crippen LogP contribution in [0.5, 0.6) is 0 Å².